The number of nitrogens with zero attached hydrogens (tertiary/aromatic N) is 3. The number of para-hydroxylation sites is 1. The van der Waals surface area contributed by atoms with Crippen LogP contribution in [0.1, 0.15) is 107 Å². The molecule has 0 bridgehead atoms. The Labute approximate surface area is 409 Å². The zero-order chi connectivity index (χ0) is 49.6. The molecule has 0 unspecified atom stereocenters. The molecule has 2 amide bonds. The Kier molecular flexibility index (Phi) is 14.8. The zero-order valence-electron chi connectivity index (χ0n) is 40.8. The van der Waals surface area contributed by atoms with Crippen LogP contribution in [0.3, 0.4) is 0 Å². The van der Waals surface area contributed by atoms with Crippen molar-refractivity contribution in [3.63, 3.8) is 0 Å². The van der Waals surface area contributed by atoms with Gasteiger partial charge in [-0.3, -0.25) is 9.59 Å². The zero-order valence-corrected chi connectivity index (χ0v) is 40.8. The lowest BCUT2D eigenvalue weighted by Crippen LogP contribution is -2.31. The van der Waals surface area contributed by atoms with Crippen molar-refractivity contribution in [1.29, 1.82) is 0 Å². The predicted octanol–water partition coefficient (Wildman–Crippen LogP) is 13.7. The van der Waals surface area contributed by atoms with Crippen LogP contribution < -0.4 is 15.1 Å². The normalized spacial score (nSPS) is 15.9. The Morgan fingerprint density at radius 3 is 2.01 bits per heavy atom. The van der Waals surface area contributed by atoms with Crippen molar-refractivity contribution in [2.45, 2.75) is 96.4 Å². The van der Waals surface area contributed by atoms with Gasteiger partial charge in [0.1, 0.15) is 7.05 Å². The third-order valence-electron chi connectivity index (χ3n) is 14.0. The highest BCUT2D eigenvalue weighted by molar-refractivity contribution is 6.50. The molecule has 360 valence electrons. The Balaban J connectivity index is 0.00000125. The summed E-state index contributed by atoms with van der Waals surface area (Å²) < 4.78 is 41.4. The van der Waals surface area contributed by atoms with Crippen LogP contribution in [-0.2, 0) is 27.0 Å². The molecule has 9 rings (SSSR count). The maximum atomic E-state index is 13.6. The molecule has 0 saturated heterocycles. The van der Waals surface area contributed by atoms with E-state index in [1.54, 1.807) is 0 Å². The summed E-state index contributed by atoms with van der Waals surface area (Å²) in [5.41, 5.74) is 11.3. The van der Waals surface area contributed by atoms with Gasteiger partial charge >= 0.3 is 7.25 Å². The Hall–Kier alpha value is -6.93. The van der Waals surface area contributed by atoms with Gasteiger partial charge in [-0.2, -0.15) is 4.58 Å². The molecule has 0 fully saturated rings. The van der Waals surface area contributed by atoms with Crippen molar-refractivity contribution in [3.05, 3.63) is 173 Å². The third-order valence-corrected chi connectivity index (χ3v) is 14.0. The molecule has 6 aromatic carbocycles. The molecule has 0 aliphatic carbocycles. The first-order chi connectivity index (χ1) is 33.5. The molecule has 3 heterocycles. The van der Waals surface area contributed by atoms with Crippen molar-refractivity contribution in [2.75, 3.05) is 29.9 Å². The molecular weight excluding hydrogens is 883 g/mol. The number of hydrogen-bond acceptors (Lipinski definition) is 3. The van der Waals surface area contributed by atoms with E-state index >= 15 is 0 Å². The van der Waals surface area contributed by atoms with Gasteiger partial charge in [-0.1, -0.05) is 130 Å². The minimum atomic E-state index is -6.00. The lowest BCUT2D eigenvalue weighted by molar-refractivity contribution is -0.401. The summed E-state index contributed by atoms with van der Waals surface area (Å²) in [7, 11) is -3.80. The summed E-state index contributed by atoms with van der Waals surface area (Å²) in [6.07, 6.45) is 13.2. The van der Waals surface area contributed by atoms with Crippen molar-refractivity contribution in [3.8, 4) is 11.8 Å². The van der Waals surface area contributed by atoms with E-state index in [-0.39, 0.29) is 22.6 Å². The van der Waals surface area contributed by atoms with Crippen LogP contribution in [0, 0.1) is 11.8 Å². The molecule has 6 nitrogen and oxygen atoms in total. The fraction of sp³-hybridized carbons (Fsp3) is 0.305. The predicted molar refractivity (Wildman–Crippen MR) is 280 cm³/mol. The molecule has 0 saturated carbocycles. The minimum Gasteiger partial charge on any atom is -0.418 e. The maximum Gasteiger partial charge on any atom is 0.673 e. The highest BCUT2D eigenvalue weighted by Crippen LogP contribution is 2.51. The number of carbonyl (C=O) groups excluding carboxylic acids is 2. The smallest absolute Gasteiger partial charge is 0.418 e. The van der Waals surface area contributed by atoms with Gasteiger partial charge in [-0.15, -0.1) is 0 Å². The Morgan fingerprint density at radius 2 is 1.27 bits per heavy atom. The Bertz CT molecular complexity index is 3100. The van der Waals surface area contributed by atoms with E-state index in [2.05, 4.69) is 158 Å². The fourth-order valence-corrected chi connectivity index (χ4v) is 10.7. The second kappa shape index (κ2) is 21.0. The molecule has 1 N–H and O–H groups in total. The number of fused-ring (bicyclic) bond motifs is 8. The monoisotopic (exact) mass is 944 g/mol. The van der Waals surface area contributed by atoms with Crippen molar-refractivity contribution < 1.29 is 31.4 Å². The number of carbonyl (C=O) groups is 2. The summed E-state index contributed by atoms with van der Waals surface area (Å²) in [4.78, 5) is 30.9. The quantitative estimate of drug-likeness (QED) is 0.0389. The van der Waals surface area contributed by atoms with Gasteiger partial charge in [0.15, 0.2) is 5.71 Å². The standard InChI is InChI=1S/C59H60N4O2.BF4/c1-58(2)52(61(5)50-37-35-43-22-12-15-26-47(43)56(50)58)29-20-30-53-59(3,4)57-48-27-16-13-23-44(48)36-38-51(57)62(53)40-19-7-8-31-54(64)60-39-18-6-9-32-55(65)63-41-46-25-11-10-21-42(46)33-34-45-24-14-17-28-49(45)63;2-1(3,4)5/h10-17,20-30,35-38H,6-9,18-19,31-32,39-41H2,1-5H3;/q;-1/p+1. The lowest BCUT2D eigenvalue weighted by Gasteiger charge is -2.27. The largest absolute Gasteiger partial charge is 0.673 e. The number of allylic oxidation sites excluding steroid dienone is 4. The van der Waals surface area contributed by atoms with Gasteiger partial charge in [0.25, 0.3) is 0 Å². The molecule has 0 spiro atoms. The molecule has 0 radical (unpaired) electrons. The summed E-state index contributed by atoms with van der Waals surface area (Å²) in [6, 6.07) is 42.5. The molecule has 3 aliphatic heterocycles. The molecule has 3 aliphatic rings. The summed E-state index contributed by atoms with van der Waals surface area (Å²) >= 11 is 0. The average molecular weight is 945 g/mol. The van der Waals surface area contributed by atoms with Gasteiger partial charge in [0, 0.05) is 71.6 Å². The van der Waals surface area contributed by atoms with E-state index < -0.39 is 7.25 Å². The van der Waals surface area contributed by atoms with Gasteiger partial charge in [-0.25, -0.2) is 0 Å². The lowest BCUT2D eigenvalue weighted by atomic mass is 9.79. The molecule has 70 heavy (non-hydrogen) atoms. The minimum absolute atomic E-state index is 0.105. The first kappa shape index (κ1) is 49.5. The first-order valence-electron chi connectivity index (χ1n) is 24.5. The molecule has 11 heteroatoms. The van der Waals surface area contributed by atoms with E-state index in [1.165, 1.54) is 55.5 Å². The highest BCUT2D eigenvalue weighted by Gasteiger charge is 2.45. The number of benzene rings is 6. The number of unbranched alkanes of at least 4 members (excludes halogenated alkanes) is 4. The number of hydrogen-bond donors (Lipinski definition) is 1. The summed E-state index contributed by atoms with van der Waals surface area (Å²) in [5, 5.41) is 8.31. The van der Waals surface area contributed by atoms with Gasteiger partial charge in [-0.05, 0) is 109 Å². The summed E-state index contributed by atoms with van der Waals surface area (Å²) in [6.45, 7) is 11.5. The number of rotatable bonds is 14. The molecular formula is C59H61BF4N4O2. The number of amides is 2. The van der Waals surface area contributed by atoms with Crippen LogP contribution in [-0.4, -0.2) is 49.5 Å². The van der Waals surface area contributed by atoms with Gasteiger partial charge in [0.2, 0.25) is 17.5 Å². The van der Waals surface area contributed by atoms with E-state index in [9.17, 15) is 26.9 Å². The first-order valence-corrected chi connectivity index (χ1v) is 24.5. The number of nitrogens with one attached hydrogen (secondary N) is 1. The second-order valence-electron chi connectivity index (χ2n) is 19.5. The van der Waals surface area contributed by atoms with Crippen molar-refractivity contribution in [2.24, 2.45) is 0 Å². The van der Waals surface area contributed by atoms with Crippen LogP contribution in [0.25, 0.3) is 21.5 Å². The van der Waals surface area contributed by atoms with Gasteiger partial charge in [0.05, 0.1) is 17.6 Å². The fourth-order valence-electron chi connectivity index (χ4n) is 10.7. The van der Waals surface area contributed by atoms with E-state index in [0.29, 0.717) is 25.9 Å². The van der Waals surface area contributed by atoms with Crippen molar-refractivity contribution in [1.82, 2.24) is 5.32 Å². The maximum absolute atomic E-state index is 13.6. The second-order valence-corrected chi connectivity index (χ2v) is 19.5. The van der Waals surface area contributed by atoms with Crippen LogP contribution in [0.4, 0.5) is 34.3 Å². The summed E-state index contributed by atoms with van der Waals surface area (Å²) in [5.74, 6) is 6.78. The van der Waals surface area contributed by atoms with Gasteiger partial charge < -0.3 is 32.4 Å². The number of anilines is 2. The topological polar surface area (TPSA) is 55.7 Å². The van der Waals surface area contributed by atoms with Crippen molar-refractivity contribution >= 4 is 63.4 Å². The third kappa shape index (κ3) is 10.8. The Morgan fingerprint density at radius 1 is 0.671 bits per heavy atom. The average Bonchev–Trinajstić information content (AvgIpc) is 3.67. The molecule has 6 aromatic rings. The van der Waals surface area contributed by atoms with E-state index in [0.717, 1.165) is 67.4 Å². The number of halogens is 4. The molecule has 0 atom stereocenters. The van der Waals surface area contributed by atoms with Crippen LogP contribution in [0.15, 0.2) is 145 Å². The SMILES string of the molecule is C[N+]1=C(/C=C/C=C2/N(CCCCCC(=O)NCCCCCC(=O)N3Cc4ccccc4C#Cc4ccccc43)c3ccc4ccccc4c3C2(C)C)C(C)(C)c2c1ccc1ccccc21.F[B-](F)(F)F. The van der Waals surface area contributed by atoms with Crippen LogP contribution in [0.5, 0.6) is 0 Å². The molecule has 0 aromatic heterocycles. The van der Waals surface area contributed by atoms with E-state index in [1.807, 2.05) is 47.4 Å². The van der Waals surface area contributed by atoms with Crippen LogP contribution in [0.2, 0.25) is 0 Å². The van der Waals surface area contributed by atoms with Crippen LogP contribution >= 0.6 is 0 Å². The highest BCUT2D eigenvalue weighted by atomic mass is 19.5. The van der Waals surface area contributed by atoms with E-state index in [4.69, 9.17) is 0 Å².